The van der Waals surface area contributed by atoms with Crippen molar-refractivity contribution in [2.24, 2.45) is 17.8 Å². The van der Waals surface area contributed by atoms with Crippen LogP contribution in [0.4, 0.5) is 10.1 Å². The third-order valence-electron chi connectivity index (χ3n) is 7.29. The van der Waals surface area contributed by atoms with Gasteiger partial charge in [0.2, 0.25) is 11.8 Å². The molecular weight excluding hydrogens is 467 g/mol. The molecule has 4 N–H and O–H groups in total. The van der Waals surface area contributed by atoms with Crippen molar-refractivity contribution in [1.29, 1.82) is 0 Å². The van der Waals surface area contributed by atoms with Crippen LogP contribution < -0.4 is 20.3 Å². The molecule has 1 saturated heterocycles. The van der Waals surface area contributed by atoms with E-state index in [9.17, 15) is 24.2 Å². The lowest BCUT2D eigenvalue weighted by molar-refractivity contribution is -0.128. The van der Waals surface area contributed by atoms with Crippen LogP contribution in [0.25, 0.3) is 0 Å². The van der Waals surface area contributed by atoms with Gasteiger partial charge in [0, 0.05) is 6.61 Å². The Morgan fingerprint density at radius 2 is 1.92 bits per heavy atom. The number of carbonyl (C=O) groups excluding carboxylic acids is 2. The van der Waals surface area contributed by atoms with E-state index in [1.54, 1.807) is 12.1 Å². The van der Waals surface area contributed by atoms with Crippen molar-refractivity contribution >= 4 is 17.5 Å². The summed E-state index contributed by atoms with van der Waals surface area (Å²) in [5, 5.41) is 24.8. The van der Waals surface area contributed by atoms with E-state index in [-0.39, 0.29) is 55.6 Å². The fraction of sp³-hybridized carbons (Fsp3) is 0.731. The lowest BCUT2D eigenvalue weighted by Crippen LogP contribution is -2.60. The molecule has 36 heavy (non-hydrogen) atoms. The number of rotatable bonds is 14. The van der Waals surface area contributed by atoms with Gasteiger partial charge in [0.15, 0.2) is 0 Å². The first-order chi connectivity index (χ1) is 17.2. The molecule has 0 spiro atoms. The van der Waals surface area contributed by atoms with Gasteiger partial charge in [-0.05, 0) is 55.6 Å². The van der Waals surface area contributed by atoms with E-state index in [1.807, 2.05) is 32.6 Å². The minimum absolute atomic E-state index is 0.0977. The molecule has 3 rings (SSSR count). The summed E-state index contributed by atoms with van der Waals surface area (Å²) in [7, 11) is 0. The number of hydrogen-bond donors (Lipinski definition) is 4. The van der Waals surface area contributed by atoms with Crippen LogP contribution in [0.5, 0.6) is 5.88 Å². The number of hydrogen-bond acceptors (Lipinski definition) is 7. The molecule has 1 aromatic rings. The second kappa shape index (κ2) is 12.2. The van der Waals surface area contributed by atoms with Crippen LogP contribution in [0.1, 0.15) is 63.9 Å². The molecule has 0 bridgehead atoms. The van der Waals surface area contributed by atoms with Crippen LogP contribution >= 0.6 is 0 Å². The predicted octanol–water partition coefficient (Wildman–Crippen LogP) is 2.06. The summed E-state index contributed by atoms with van der Waals surface area (Å²) in [4.78, 5) is 32.8. The number of aliphatic hydroxyl groups excluding tert-OH is 2. The average Bonchev–Trinajstić information content (AvgIpc) is 3.61. The fourth-order valence-electron chi connectivity index (χ4n) is 4.61. The molecule has 2 amide bonds. The lowest BCUT2D eigenvalue weighted by Gasteiger charge is -2.37. The number of halogens is 1. The molecule has 1 aromatic heterocycles. The van der Waals surface area contributed by atoms with Crippen LogP contribution in [-0.4, -0.2) is 77.7 Å². The number of alkyl halides is 1. The van der Waals surface area contributed by atoms with Crippen molar-refractivity contribution in [3.8, 4) is 5.88 Å². The number of carbonyl (C=O) groups is 2. The van der Waals surface area contributed by atoms with Gasteiger partial charge in [-0.15, -0.1) is 0 Å². The Balaban J connectivity index is 1.76. The Morgan fingerprint density at radius 3 is 2.44 bits per heavy atom. The van der Waals surface area contributed by atoms with Crippen LogP contribution in [0.3, 0.4) is 0 Å². The zero-order chi connectivity index (χ0) is 26.5. The summed E-state index contributed by atoms with van der Waals surface area (Å²) in [5.74, 6) is 0.130. The van der Waals surface area contributed by atoms with E-state index >= 15 is 0 Å². The number of nitrogens with one attached hydrogen (secondary N) is 2. The Labute approximate surface area is 212 Å². The molecule has 2 fully saturated rings. The van der Waals surface area contributed by atoms with Crippen LogP contribution in [-0.2, 0) is 4.79 Å². The Bertz CT molecular complexity index is 904. The molecule has 1 saturated carbocycles. The Hall–Kier alpha value is -2.46. The monoisotopic (exact) mass is 508 g/mol. The van der Waals surface area contributed by atoms with Gasteiger partial charge < -0.3 is 30.5 Å². The van der Waals surface area contributed by atoms with Crippen molar-refractivity contribution in [3.63, 3.8) is 0 Å². The number of amides is 2. The quantitative estimate of drug-likeness (QED) is 0.303. The van der Waals surface area contributed by atoms with Crippen molar-refractivity contribution in [1.82, 2.24) is 15.6 Å². The molecule has 1 unspecified atom stereocenters. The first kappa shape index (κ1) is 28.1. The van der Waals surface area contributed by atoms with Gasteiger partial charge in [-0.2, -0.15) is 0 Å². The minimum atomic E-state index is -1.16. The second-order valence-corrected chi connectivity index (χ2v) is 10.5. The Morgan fingerprint density at radius 1 is 1.22 bits per heavy atom. The average molecular weight is 509 g/mol. The maximum absolute atomic E-state index is 13.5. The number of nitrogens with zero attached hydrogens (tertiary/aromatic N) is 2. The molecule has 9 nitrogen and oxygen atoms in total. The van der Waals surface area contributed by atoms with E-state index in [0.29, 0.717) is 37.5 Å². The van der Waals surface area contributed by atoms with Gasteiger partial charge in [0.25, 0.3) is 5.91 Å². The van der Waals surface area contributed by atoms with Gasteiger partial charge in [0.05, 0.1) is 32.3 Å². The van der Waals surface area contributed by atoms with Gasteiger partial charge in [-0.25, -0.2) is 9.37 Å². The number of anilines is 1. The SMILES string of the molecule is CCC(CC)(NC(=O)c1ccc(N2CC(F)C2)c(OC[C@@H]2C[C@H]2CO)n1)C(=O)NC(CO)CC(C)C. The molecule has 0 aromatic carbocycles. The summed E-state index contributed by atoms with van der Waals surface area (Å²) in [5.41, 5.74) is -0.443. The largest absolute Gasteiger partial charge is 0.476 e. The summed E-state index contributed by atoms with van der Waals surface area (Å²) < 4.78 is 19.4. The van der Waals surface area contributed by atoms with Crippen molar-refractivity contribution < 1.29 is 28.9 Å². The summed E-state index contributed by atoms with van der Waals surface area (Å²) >= 11 is 0. The van der Waals surface area contributed by atoms with Crippen LogP contribution in [0, 0.1) is 17.8 Å². The van der Waals surface area contributed by atoms with Crippen LogP contribution in [0.15, 0.2) is 12.1 Å². The topological polar surface area (TPSA) is 124 Å². The molecule has 1 aliphatic heterocycles. The normalized spacial score (nSPS) is 20.6. The maximum atomic E-state index is 13.5. The van der Waals surface area contributed by atoms with E-state index < -0.39 is 23.7 Å². The summed E-state index contributed by atoms with van der Waals surface area (Å²) in [6.45, 7) is 8.45. The van der Waals surface area contributed by atoms with E-state index in [2.05, 4.69) is 15.6 Å². The predicted molar refractivity (Wildman–Crippen MR) is 135 cm³/mol. The maximum Gasteiger partial charge on any atom is 0.270 e. The third kappa shape index (κ3) is 6.64. The van der Waals surface area contributed by atoms with Crippen molar-refractivity contribution in [2.75, 3.05) is 37.8 Å². The molecule has 10 heteroatoms. The summed E-state index contributed by atoms with van der Waals surface area (Å²) in [6, 6.07) is 2.86. The standard InChI is InChI=1S/C26H41FN4O5/c1-5-26(6-2,25(35)28-20(14-33)9-16(3)4)30-23(34)21-7-8-22(31-11-19(27)12-31)24(29-21)36-15-18-10-17(18)13-32/h7-8,16-20,32-33H,5-6,9-15H2,1-4H3,(H,28,35)(H,30,34)/t17-,18-,20?/m0/s1. The molecule has 2 aliphatic rings. The second-order valence-electron chi connectivity index (χ2n) is 10.5. The highest BCUT2D eigenvalue weighted by Crippen LogP contribution is 2.39. The van der Waals surface area contributed by atoms with Gasteiger partial charge >= 0.3 is 0 Å². The number of ether oxygens (including phenoxy) is 1. The first-order valence-electron chi connectivity index (χ1n) is 13.0. The molecule has 3 atom stereocenters. The third-order valence-corrected chi connectivity index (χ3v) is 7.29. The van der Waals surface area contributed by atoms with Gasteiger partial charge in [-0.1, -0.05) is 27.7 Å². The zero-order valence-electron chi connectivity index (χ0n) is 21.8. The van der Waals surface area contributed by atoms with Crippen LogP contribution in [0.2, 0.25) is 0 Å². The first-order valence-corrected chi connectivity index (χ1v) is 13.0. The lowest BCUT2D eigenvalue weighted by atomic mass is 9.90. The van der Waals surface area contributed by atoms with Crippen molar-refractivity contribution in [3.05, 3.63) is 17.8 Å². The van der Waals surface area contributed by atoms with E-state index in [4.69, 9.17) is 4.74 Å². The number of aromatic nitrogens is 1. The number of aliphatic hydroxyl groups is 2. The minimum Gasteiger partial charge on any atom is -0.476 e. The van der Waals surface area contributed by atoms with E-state index in [0.717, 1.165) is 6.42 Å². The van der Waals surface area contributed by atoms with Gasteiger partial charge in [-0.3, -0.25) is 9.59 Å². The van der Waals surface area contributed by atoms with Crippen molar-refractivity contribution in [2.45, 2.75) is 71.1 Å². The summed E-state index contributed by atoms with van der Waals surface area (Å²) in [6.07, 6.45) is 1.31. The highest BCUT2D eigenvalue weighted by atomic mass is 19.1. The molecule has 202 valence electrons. The van der Waals surface area contributed by atoms with Gasteiger partial charge in [0.1, 0.15) is 23.1 Å². The molecule has 1 aliphatic carbocycles. The molecule has 0 radical (unpaired) electrons. The zero-order valence-corrected chi connectivity index (χ0v) is 21.8. The van der Waals surface area contributed by atoms with E-state index in [1.165, 1.54) is 0 Å². The smallest absolute Gasteiger partial charge is 0.270 e. The highest BCUT2D eigenvalue weighted by Gasteiger charge is 2.39. The molecular formula is C26H41FN4O5. The Kier molecular flexibility index (Phi) is 9.52. The molecule has 2 heterocycles. The number of pyridine rings is 1. The highest BCUT2D eigenvalue weighted by molar-refractivity contribution is 5.98. The fourth-order valence-corrected chi connectivity index (χ4v) is 4.61.